The number of hydrogen-bond donors (Lipinski definition) is 2. The van der Waals surface area contributed by atoms with Crippen LogP contribution < -0.4 is 5.32 Å². The summed E-state index contributed by atoms with van der Waals surface area (Å²) in [6.07, 6.45) is 0. The van der Waals surface area contributed by atoms with Crippen LogP contribution in [0.2, 0.25) is 0 Å². The molecule has 7 heteroatoms. The first-order chi connectivity index (χ1) is 12.8. The van der Waals surface area contributed by atoms with Crippen molar-refractivity contribution in [2.45, 2.75) is 38.3 Å². The molecule has 0 spiro atoms. The second-order valence-corrected chi connectivity index (χ2v) is 8.20. The van der Waals surface area contributed by atoms with E-state index in [-0.39, 0.29) is 11.6 Å². The molecule has 0 aliphatic heterocycles. The van der Waals surface area contributed by atoms with Crippen molar-refractivity contribution in [3.05, 3.63) is 65.2 Å². The van der Waals surface area contributed by atoms with Crippen LogP contribution in [-0.2, 0) is 16.6 Å². The minimum absolute atomic E-state index is 0.0226. The molecule has 0 bridgehead atoms. The highest BCUT2D eigenvalue weighted by atomic mass is 32.2. The minimum Gasteiger partial charge on any atom is -0.478 e. The standard InChI is InChI=1S/C20H26N2O4S/c1-4-22(5-2)27(25,26)19-12-10-17(11-13-19)15(3)21-14-16-6-8-18(9-7-16)20(23)24/h6-13,15,21H,4-5,14H2,1-3H3,(H,23,24). The van der Waals surface area contributed by atoms with Gasteiger partial charge in [-0.15, -0.1) is 0 Å². The normalized spacial score (nSPS) is 12.9. The molecule has 2 N–H and O–H groups in total. The fourth-order valence-electron chi connectivity index (χ4n) is 2.80. The van der Waals surface area contributed by atoms with Gasteiger partial charge in [0.15, 0.2) is 0 Å². The van der Waals surface area contributed by atoms with Crippen molar-refractivity contribution in [1.82, 2.24) is 9.62 Å². The van der Waals surface area contributed by atoms with E-state index in [0.29, 0.717) is 24.5 Å². The first-order valence-corrected chi connectivity index (χ1v) is 10.4. The summed E-state index contributed by atoms with van der Waals surface area (Å²) in [4.78, 5) is 11.2. The molecule has 1 unspecified atom stereocenters. The number of carboxylic acid groups (broad SMARTS) is 1. The third kappa shape index (κ3) is 5.15. The predicted molar refractivity (Wildman–Crippen MR) is 105 cm³/mol. The van der Waals surface area contributed by atoms with E-state index >= 15 is 0 Å². The minimum atomic E-state index is -3.45. The van der Waals surface area contributed by atoms with E-state index in [1.165, 1.54) is 4.31 Å². The fourth-order valence-corrected chi connectivity index (χ4v) is 4.25. The van der Waals surface area contributed by atoms with Crippen molar-refractivity contribution < 1.29 is 18.3 Å². The highest BCUT2D eigenvalue weighted by Crippen LogP contribution is 2.20. The van der Waals surface area contributed by atoms with Gasteiger partial charge in [0.1, 0.15) is 0 Å². The number of aromatic carboxylic acids is 1. The third-order valence-corrected chi connectivity index (χ3v) is 6.60. The summed E-state index contributed by atoms with van der Waals surface area (Å²) in [5, 5.41) is 12.3. The van der Waals surface area contributed by atoms with Gasteiger partial charge in [-0.2, -0.15) is 4.31 Å². The molecular weight excluding hydrogens is 364 g/mol. The summed E-state index contributed by atoms with van der Waals surface area (Å²) in [5.74, 6) is -0.942. The molecule has 0 saturated carbocycles. The van der Waals surface area contributed by atoms with E-state index in [1.807, 2.05) is 32.9 Å². The molecule has 0 aliphatic rings. The van der Waals surface area contributed by atoms with E-state index in [9.17, 15) is 13.2 Å². The van der Waals surface area contributed by atoms with Crippen LogP contribution in [0.5, 0.6) is 0 Å². The van der Waals surface area contributed by atoms with Crippen molar-refractivity contribution in [2.75, 3.05) is 13.1 Å². The summed E-state index contributed by atoms with van der Waals surface area (Å²) in [7, 11) is -3.45. The Morgan fingerprint density at radius 2 is 1.59 bits per heavy atom. The molecule has 6 nitrogen and oxygen atoms in total. The molecule has 0 saturated heterocycles. The average Bonchev–Trinajstić information content (AvgIpc) is 2.67. The molecule has 2 aromatic carbocycles. The van der Waals surface area contributed by atoms with Crippen LogP contribution in [0, 0.1) is 0 Å². The number of nitrogens with zero attached hydrogens (tertiary/aromatic N) is 1. The molecular formula is C20H26N2O4S. The molecule has 0 amide bonds. The molecule has 0 heterocycles. The number of sulfonamides is 1. The van der Waals surface area contributed by atoms with Crippen molar-refractivity contribution >= 4 is 16.0 Å². The Kier molecular flexibility index (Phi) is 7.12. The molecule has 1 atom stereocenters. The second-order valence-electron chi connectivity index (χ2n) is 6.26. The molecule has 27 heavy (non-hydrogen) atoms. The number of rotatable bonds is 9. The van der Waals surface area contributed by atoms with Crippen LogP contribution in [-0.4, -0.2) is 36.9 Å². The van der Waals surface area contributed by atoms with Crippen LogP contribution in [0.3, 0.4) is 0 Å². The van der Waals surface area contributed by atoms with E-state index < -0.39 is 16.0 Å². The van der Waals surface area contributed by atoms with Gasteiger partial charge in [0, 0.05) is 25.7 Å². The second kappa shape index (κ2) is 9.12. The van der Waals surface area contributed by atoms with E-state index in [1.54, 1.807) is 36.4 Å². The lowest BCUT2D eigenvalue weighted by Crippen LogP contribution is -2.30. The number of carboxylic acids is 1. The smallest absolute Gasteiger partial charge is 0.335 e. The zero-order valence-corrected chi connectivity index (χ0v) is 16.7. The van der Waals surface area contributed by atoms with E-state index in [0.717, 1.165) is 11.1 Å². The topological polar surface area (TPSA) is 86.7 Å². The summed E-state index contributed by atoms with van der Waals surface area (Å²) >= 11 is 0. The van der Waals surface area contributed by atoms with Crippen LogP contribution in [0.15, 0.2) is 53.4 Å². The Morgan fingerprint density at radius 3 is 2.07 bits per heavy atom. The van der Waals surface area contributed by atoms with Crippen LogP contribution in [0.4, 0.5) is 0 Å². The lowest BCUT2D eigenvalue weighted by molar-refractivity contribution is 0.0697. The van der Waals surface area contributed by atoms with Crippen LogP contribution in [0.1, 0.15) is 48.3 Å². The van der Waals surface area contributed by atoms with E-state index in [2.05, 4.69) is 5.32 Å². The van der Waals surface area contributed by atoms with Crippen molar-refractivity contribution in [3.63, 3.8) is 0 Å². The fraction of sp³-hybridized carbons (Fsp3) is 0.350. The molecule has 146 valence electrons. The van der Waals surface area contributed by atoms with E-state index in [4.69, 9.17) is 5.11 Å². The van der Waals surface area contributed by atoms with Crippen molar-refractivity contribution in [2.24, 2.45) is 0 Å². The van der Waals surface area contributed by atoms with Gasteiger partial charge in [0.05, 0.1) is 10.5 Å². The molecule has 0 aliphatic carbocycles. The SMILES string of the molecule is CCN(CC)S(=O)(=O)c1ccc(C(C)NCc2ccc(C(=O)O)cc2)cc1. The van der Waals surface area contributed by atoms with Gasteiger partial charge in [-0.3, -0.25) is 0 Å². The quantitative estimate of drug-likeness (QED) is 0.686. The summed E-state index contributed by atoms with van der Waals surface area (Å²) in [5.41, 5.74) is 2.22. The lowest BCUT2D eigenvalue weighted by atomic mass is 10.1. The monoisotopic (exact) mass is 390 g/mol. The number of benzene rings is 2. The molecule has 0 radical (unpaired) electrons. The van der Waals surface area contributed by atoms with Gasteiger partial charge in [0.2, 0.25) is 10.0 Å². The van der Waals surface area contributed by atoms with Gasteiger partial charge in [-0.05, 0) is 42.3 Å². The van der Waals surface area contributed by atoms with Gasteiger partial charge in [-0.25, -0.2) is 13.2 Å². The Bertz CT molecular complexity index is 858. The van der Waals surface area contributed by atoms with Crippen molar-refractivity contribution in [3.8, 4) is 0 Å². The highest BCUT2D eigenvalue weighted by Gasteiger charge is 2.21. The highest BCUT2D eigenvalue weighted by molar-refractivity contribution is 7.89. The summed E-state index contributed by atoms with van der Waals surface area (Å²) in [6, 6.07) is 13.7. The molecule has 2 aromatic rings. The maximum Gasteiger partial charge on any atom is 0.335 e. The Hall–Kier alpha value is -2.22. The van der Waals surface area contributed by atoms with Crippen LogP contribution >= 0.6 is 0 Å². The lowest BCUT2D eigenvalue weighted by Gasteiger charge is -2.19. The van der Waals surface area contributed by atoms with Gasteiger partial charge in [-0.1, -0.05) is 38.1 Å². The van der Waals surface area contributed by atoms with Gasteiger partial charge >= 0.3 is 5.97 Å². The first-order valence-electron chi connectivity index (χ1n) is 8.95. The number of hydrogen-bond acceptors (Lipinski definition) is 4. The maximum atomic E-state index is 12.5. The van der Waals surface area contributed by atoms with Crippen LogP contribution in [0.25, 0.3) is 0 Å². The predicted octanol–water partition coefficient (Wildman–Crippen LogP) is 3.27. The Morgan fingerprint density at radius 1 is 1.04 bits per heavy atom. The summed E-state index contributed by atoms with van der Waals surface area (Å²) < 4.78 is 26.5. The largest absolute Gasteiger partial charge is 0.478 e. The van der Waals surface area contributed by atoms with Gasteiger partial charge < -0.3 is 10.4 Å². The van der Waals surface area contributed by atoms with Gasteiger partial charge in [0.25, 0.3) is 0 Å². The maximum absolute atomic E-state index is 12.5. The number of nitrogens with one attached hydrogen (secondary N) is 1. The first kappa shape index (κ1) is 21.1. The van der Waals surface area contributed by atoms with Crippen molar-refractivity contribution in [1.29, 1.82) is 0 Å². The molecule has 0 fully saturated rings. The zero-order valence-electron chi connectivity index (χ0n) is 15.8. The Balaban J connectivity index is 2.03. The summed E-state index contributed by atoms with van der Waals surface area (Å²) in [6.45, 7) is 7.12. The Labute approximate surface area is 160 Å². The molecule has 0 aromatic heterocycles. The average molecular weight is 391 g/mol. The number of carbonyl (C=O) groups is 1. The molecule has 2 rings (SSSR count). The third-order valence-electron chi connectivity index (χ3n) is 4.54. The zero-order chi connectivity index (χ0) is 20.0.